The van der Waals surface area contributed by atoms with Gasteiger partial charge in [-0.05, 0) is 58.9 Å². The molecule has 1 saturated heterocycles. The van der Waals surface area contributed by atoms with Gasteiger partial charge in [-0.15, -0.1) is 10.2 Å². The molecule has 0 spiro atoms. The third-order valence-corrected chi connectivity index (χ3v) is 12.5. The average molecular weight is 804 g/mol. The summed E-state index contributed by atoms with van der Waals surface area (Å²) in [6, 6.07) is 38.5. The maximum atomic E-state index is 13.8. The Labute approximate surface area is 337 Å². The van der Waals surface area contributed by atoms with E-state index in [1.807, 2.05) is 122 Å². The number of thioether (sulfide) groups is 1. The van der Waals surface area contributed by atoms with Crippen LogP contribution >= 0.6 is 11.8 Å². The Morgan fingerprint density at radius 1 is 0.877 bits per heavy atom. The van der Waals surface area contributed by atoms with Crippen LogP contribution in [-0.2, 0) is 50.9 Å². The number of nitrogens with one attached hydrogen (secondary N) is 2. The lowest BCUT2D eigenvalue weighted by Crippen LogP contribution is -2.47. The minimum atomic E-state index is -3.98. The van der Waals surface area contributed by atoms with Gasteiger partial charge in [0.1, 0.15) is 12.4 Å². The van der Waals surface area contributed by atoms with Crippen LogP contribution in [0, 0.1) is 6.92 Å². The molecule has 1 fully saturated rings. The summed E-state index contributed by atoms with van der Waals surface area (Å²) >= 11 is 1.58. The standard InChI is InChI=1S/C44H45N5O6S2/c1-30-12-22-38(23-13-30)57(52,53)48-40(24-31-8-4-3-5-9-31)42(51)45-26-36-10-6-7-11-39(36)33-18-20-35(21-19-33)43-54-37(28-56-44-47-46-29-49(44)2)25-41(55-43)34-16-14-32(27-50)15-17-34/h3-23,29,37,40-41,43,48,50H,24-28H2,1-2H3,(H,45,51)/t37-,40-,41+,43+/m1/s1. The molecule has 5 aromatic carbocycles. The summed E-state index contributed by atoms with van der Waals surface area (Å²) in [7, 11) is -2.07. The van der Waals surface area contributed by atoms with Crippen LogP contribution in [0.1, 0.15) is 52.2 Å². The first kappa shape index (κ1) is 40.1. The van der Waals surface area contributed by atoms with Crippen molar-refractivity contribution in [3.63, 3.8) is 0 Å². The van der Waals surface area contributed by atoms with E-state index in [-0.39, 0.29) is 36.7 Å². The zero-order chi connectivity index (χ0) is 39.8. The third-order valence-electron chi connectivity index (χ3n) is 9.88. The Morgan fingerprint density at radius 3 is 2.28 bits per heavy atom. The van der Waals surface area contributed by atoms with Crippen molar-refractivity contribution in [2.24, 2.45) is 7.05 Å². The van der Waals surface area contributed by atoms with Gasteiger partial charge in [-0.2, -0.15) is 4.72 Å². The average Bonchev–Trinajstić information content (AvgIpc) is 3.66. The minimum Gasteiger partial charge on any atom is -0.392 e. The number of hydrogen-bond acceptors (Lipinski definition) is 9. The predicted octanol–water partition coefficient (Wildman–Crippen LogP) is 6.83. The maximum absolute atomic E-state index is 13.8. The van der Waals surface area contributed by atoms with Crippen LogP contribution in [0.2, 0.25) is 0 Å². The molecule has 0 aliphatic carbocycles. The normalized spacial score (nSPS) is 17.6. The van der Waals surface area contributed by atoms with Crippen LogP contribution in [-0.4, -0.2) is 52.1 Å². The first-order valence-electron chi connectivity index (χ1n) is 18.7. The molecule has 11 nitrogen and oxygen atoms in total. The van der Waals surface area contributed by atoms with Crippen molar-refractivity contribution in [1.82, 2.24) is 24.8 Å². The Hall–Kier alpha value is -5.15. The van der Waals surface area contributed by atoms with Crippen LogP contribution in [0.5, 0.6) is 0 Å². The molecule has 3 N–H and O–H groups in total. The largest absolute Gasteiger partial charge is 0.392 e. The number of aliphatic hydroxyl groups is 1. The van der Waals surface area contributed by atoms with Crippen molar-refractivity contribution in [3.05, 3.63) is 167 Å². The van der Waals surface area contributed by atoms with Gasteiger partial charge in [-0.25, -0.2) is 8.42 Å². The highest BCUT2D eigenvalue weighted by Gasteiger charge is 2.33. The van der Waals surface area contributed by atoms with Gasteiger partial charge in [-0.3, -0.25) is 4.79 Å². The summed E-state index contributed by atoms with van der Waals surface area (Å²) in [5.74, 6) is 0.229. The zero-order valence-electron chi connectivity index (χ0n) is 31.7. The van der Waals surface area contributed by atoms with Gasteiger partial charge in [0.05, 0.1) is 23.7 Å². The van der Waals surface area contributed by atoms with Crippen LogP contribution in [0.15, 0.2) is 144 Å². The molecule has 4 atom stereocenters. The molecule has 1 aliphatic rings. The van der Waals surface area contributed by atoms with E-state index < -0.39 is 28.3 Å². The van der Waals surface area contributed by atoms with Crippen molar-refractivity contribution in [2.75, 3.05) is 5.75 Å². The highest BCUT2D eigenvalue weighted by atomic mass is 32.2. The quantitative estimate of drug-likeness (QED) is 0.0953. The Morgan fingerprint density at radius 2 is 1.58 bits per heavy atom. The fraction of sp³-hybridized carbons (Fsp3) is 0.250. The van der Waals surface area contributed by atoms with Crippen molar-refractivity contribution in [1.29, 1.82) is 0 Å². The molecular formula is C44H45N5O6S2. The number of carbonyl (C=O) groups excluding carboxylic acids is 1. The molecular weight excluding hydrogens is 759 g/mol. The molecule has 0 radical (unpaired) electrons. The molecule has 0 unspecified atom stereocenters. The lowest BCUT2D eigenvalue weighted by atomic mass is 9.97. The van der Waals surface area contributed by atoms with Gasteiger partial charge >= 0.3 is 0 Å². The fourth-order valence-corrected chi connectivity index (χ4v) is 8.79. The lowest BCUT2D eigenvalue weighted by molar-refractivity contribution is -0.245. The number of nitrogens with zero attached hydrogens (tertiary/aromatic N) is 3. The maximum Gasteiger partial charge on any atom is 0.241 e. The van der Waals surface area contributed by atoms with Gasteiger partial charge in [-0.1, -0.05) is 133 Å². The van der Waals surface area contributed by atoms with Crippen LogP contribution in [0.25, 0.3) is 11.1 Å². The van der Waals surface area contributed by atoms with Crippen LogP contribution in [0.3, 0.4) is 0 Å². The number of carbonyl (C=O) groups is 1. The van der Waals surface area contributed by atoms with Gasteiger partial charge < -0.3 is 24.5 Å². The van der Waals surface area contributed by atoms with E-state index in [9.17, 15) is 18.3 Å². The number of hydrogen-bond donors (Lipinski definition) is 3. The molecule has 13 heteroatoms. The van der Waals surface area contributed by atoms with Gasteiger partial charge in [0.2, 0.25) is 15.9 Å². The monoisotopic (exact) mass is 803 g/mol. The Bertz CT molecular complexity index is 2360. The number of sulfonamides is 1. The number of ether oxygens (including phenoxy) is 2. The highest BCUT2D eigenvalue weighted by molar-refractivity contribution is 7.99. The van der Waals surface area contributed by atoms with Crippen LogP contribution in [0.4, 0.5) is 0 Å². The van der Waals surface area contributed by atoms with Crippen LogP contribution < -0.4 is 10.0 Å². The predicted molar refractivity (Wildman–Crippen MR) is 219 cm³/mol. The molecule has 6 aromatic rings. The fourth-order valence-electron chi connectivity index (χ4n) is 6.69. The summed E-state index contributed by atoms with van der Waals surface area (Å²) in [4.78, 5) is 13.9. The van der Waals surface area contributed by atoms with E-state index in [1.165, 1.54) is 12.1 Å². The Kier molecular flexibility index (Phi) is 12.9. The molecule has 294 valence electrons. The smallest absolute Gasteiger partial charge is 0.241 e. The first-order chi connectivity index (χ1) is 27.6. The molecule has 0 bridgehead atoms. The van der Waals surface area contributed by atoms with E-state index in [0.717, 1.165) is 49.7 Å². The number of aliphatic hydroxyl groups excluding tert-OH is 1. The second-order valence-corrected chi connectivity index (χ2v) is 16.8. The van der Waals surface area contributed by atoms with Crippen molar-refractivity contribution in [3.8, 4) is 11.1 Å². The lowest BCUT2D eigenvalue weighted by Gasteiger charge is -2.36. The summed E-state index contributed by atoms with van der Waals surface area (Å²) < 4.78 is 44.4. The highest BCUT2D eigenvalue weighted by Crippen LogP contribution is 2.40. The van der Waals surface area contributed by atoms with E-state index in [4.69, 9.17) is 9.47 Å². The summed E-state index contributed by atoms with van der Waals surface area (Å²) in [6.07, 6.45) is 1.52. The molecule has 7 rings (SSSR count). The second kappa shape index (κ2) is 18.4. The first-order valence-corrected chi connectivity index (χ1v) is 21.2. The molecule has 57 heavy (non-hydrogen) atoms. The van der Waals surface area contributed by atoms with Crippen molar-refractivity contribution < 1.29 is 27.8 Å². The number of benzene rings is 5. The molecule has 0 saturated carbocycles. The minimum absolute atomic E-state index is 0.0266. The number of aromatic nitrogens is 3. The third kappa shape index (κ3) is 10.2. The number of aryl methyl sites for hydroxylation is 2. The van der Waals surface area contributed by atoms with E-state index in [1.54, 1.807) is 30.2 Å². The van der Waals surface area contributed by atoms with Crippen molar-refractivity contribution in [2.45, 2.75) is 67.5 Å². The number of rotatable bonds is 15. The molecule has 1 aliphatic heterocycles. The van der Waals surface area contributed by atoms with Gasteiger partial charge in [0.15, 0.2) is 11.4 Å². The van der Waals surface area contributed by atoms with E-state index in [0.29, 0.717) is 12.2 Å². The zero-order valence-corrected chi connectivity index (χ0v) is 33.3. The second-order valence-electron chi connectivity index (χ2n) is 14.1. The molecule has 1 amide bonds. The molecule has 2 heterocycles. The SMILES string of the molecule is Cc1ccc(S(=O)(=O)N[C@H](Cc2ccccc2)C(=O)NCc2ccccc2-c2ccc([C@H]3O[C@@H](CSc4nncn4C)C[C@@H](c4ccc(CO)cc4)O3)cc2)cc1. The topological polar surface area (TPSA) is 145 Å². The number of amides is 1. The van der Waals surface area contributed by atoms with Gasteiger partial charge in [0, 0.05) is 31.3 Å². The summed E-state index contributed by atoms with van der Waals surface area (Å²) in [6.45, 7) is 2.04. The molecule has 1 aromatic heterocycles. The van der Waals surface area contributed by atoms with Crippen molar-refractivity contribution >= 4 is 27.7 Å². The summed E-state index contributed by atoms with van der Waals surface area (Å²) in [5.41, 5.74) is 7.20. The Balaban J connectivity index is 1.07. The van der Waals surface area contributed by atoms with E-state index in [2.05, 4.69) is 20.2 Å². The van der Waals surface area contributed by atoms with Gasteiger partial charge in [0.25, 0.3) is 0 Å². The van der Waals surface area contributed by atoms with E-state index >= 15 is 0 Å². The summed E-state index contributed by atoms with van der Waals surface area (Å²) in [5, 5.41) is 21.6.